The van der Waals surface area contributed by atoms with Crippen molar-refractivity contribution in [3.05, 3.63) is 11.6 Å². The molecule has 0 N–H and O–H groups in total. The van der Waals surface area contributed by atoms with E-state index in [1.54, 1.807) is 6.08 Å². The molecular weight excluding hydrogens is 280 g/mol. The van der Waals surface area contributed by atoms with Gasteiger partial charge < -0.3 is 9.47 Å². The second-order valence-corrected chi connectivity index (χ2v) is 6.45. The molecule has 0 unspecified atom stereocenters. The van der Waals surface area contributed by atoms with Crippen LogP contribution in [0.15, 0.2) is 11.6 Å². The van der Waals surface area contributed by atoms with E-state index in [0.717, 1.165) is 19.3 Å². The predicted molar refractivity (Wildman–Crippen MR) is 88.4 cm³/mol. The SMILES string of the molecule is CCCCCCC=C(C(=O)OCC(C)C)C(=O)OCC(C)C. The smallest absolute Gasteiger partial charge is 0.345 e. The number of hydrogen-bond donors (Lipinski definition) is 0. The molecule has 0 atom stereocenters. The van der Waals surface area contributed by atoms with E-state index in [1.165, 1.54) is 6.42 Å². The highest BCUT2D eigenvalue weighted by molar-refractivity contribution is 6.14. The van der Waals surface area contributed by atoms with E-state index in [2.05, 4.69) is 6.92 Å². The van der Waals surface area contributed by atoms with Crippen molar-refractivity contribution in [3.63, 3.8) is 0 Å². The van der Waals surface area contributed by atoms with Crippen LogP contribution in [0.1, 0.15) is 66.7 Å². The normalized spacial score (nSPS) is 10.7. The average Bonchev–Trinajstić information content (AvgIpc) is 2.46. The first-order chi connectivity index (χ1) is 10.4. The number of carbonyl (C=O) groups excluding carboxylic acids is 2. The summed E-state index contributed by atoms with van der Waals surface area (Å²) in [5.74, 6) is -0.668. The number of carbonyl (C=O) groups is 2. The van der Waals surface area contributed by atoms with Gasteiger partial charge in [-0.2, -0.15) is 0 Å². The number of rotatable bonds is 11. The van der Waals surface area contributed by atoms with E-state index in [1.807, 2.05) is 27.7 Å². The van der Waals surface area contributed by atoms with E-state index < -0.39 is 11.9 Å². The summed E-state index contributed by atoms with van der Waals surface area (Å²) < 4.78 is 10.3. The Morgan fingerprint density at radius 2 is 1.36 bits per heavy atom. The number of allylic oxidation sites excluding steroid dienone is 1. The topological polar surface area (TPSA) is 52.6 Å². The van der Waals surface area contributed by atoms with Crippen molar-refractivity contribution in [2.24, 2.45) is 11.8 Å². The fraction of sp³-hybridized carbons (Fsp3) is 0.778. The highest BCUT2D eigenvalue weighted by Crippen LogP contribution is 2.10. The Labute approximate surface area is 135 Å². The summed E-state index contributed by atoms with van der Waals surface area (Å²) in [5, 5.41) is 0. The van der Waals surface area contributed by atoms with Gasteiger partial charge in [0.15, 0.2) is 0 Å². The lowest BCUT2D eigenvalue weighted by Crippen LogP contribution is -2.21. The molecule has 0 fully saturated rings. The molecular formula is C18H32O4. The minimum absolute atomic E-state index is 0.0396. The van der Waals surface area contributed by atoms with Crippen molar-refractivity contribution < 1.29 is 19.1 Å². The summed E-state index contributed by atoms with van der Waals surface area (Å²) in [6, 6.07) is 0. The number of esters is 2. The van der Waals surface area contributed by atoms with Gasteiger partial charge >= 0.3 is 11.9 Å². The van der Waals surface area contributed by atoms with Crippen LogP contribution in [0.5, 0.6) is 0 Å². The van der Waals surface area contributed by atoms with Crippen LogP contribution in [-0.2, 0) is 19.1 Å². The van der Waals surface area contributed by atoms with E-state index in [-0.39, 0.29) is 17.4 Å². The van der Waals surface area contributed by atoms with E-state index in [0.29, 0.717) is 19.6 Å². The summed E-state index contributed by atoms with van der Waals surface area (Å²) in [5.41, 5.74) is 0.0396. The first-order valence-electron chi connectivity index (χ1n) is 8.42. The van der Waals surface area contributed by atoms with E-state index in [4.69, 9.17) is 9.47 Å². The van der Waals surface area contributed by atoms with Crippen LogP contribution in [0.4, 0.5) is 0 Å². The van der Waals surface area contributed by atoms with Crippen LogP contribution in [-0.4, -0.2) is 25.2 Å². The molecule has 4 nitrogen and oxygen atoms in total. The van der Waals surface area contributed by atoms with Gasteiger partial charge in [-0.25, -0.2) is 9.59 Å². The van der Waals surface area contributed by atoms with Crippen LogP contribution in [0.25, 0.3) is 0 Å². The molecule has 0 aliphatic heterocycles. The predicted octanol–water partition coefficient (Wildman–Crippen LogP) is 4.28. The van der Waals surface area contributed by atoms with Gasteiger partial charge in [0.1, 0.15) is 5.57 Å². The third-order valence-electron chi connectivity index (χ3n) is 2.94. The minimum Gasteiger partial charge on any atom is -0.462 e. The van der Waals surface area contributed by atoms with Gasteiger partial charge in [-0.1, -0.05) is 60.0 Å². The van der Waals surface area contributed by atoms with Crippen molar-refractivity contribution in [2.75, 3.05) is 13.2 Å². The maximum Gasteiger partial charge on any atom is 0.345 e. The molecule has 0 spiro atoms. The molecule has 0 aromatic carbocycles. The fourth-order valence-electron chi connectivity index (χ4n) is 1.71. The molecule has 0 radical (unpaired) electrons. The average molecular weight is 312 g/mol. The van der Waals surface area contributed by atoms with Gasteiger partial charge in [0.2, 0.25) is 0 Å². The van der Waals surface area contributed by atoms with Crippen LogP contribution < -0.4 is 0 Å². The Bertz CT molecular complexity index is 330. The van der Waals surface area contributed by atoms with Crippen molar-refractivity contribution in [1.82, 2.24) is 0 Å². The third-order valence-corrected chi connectivity index (χ3v) is 2.94. The summed E-state index contributed by atoms with van der Waals surface area (Å²) >= 11 is 0. The lowest BCUT2D eigenvalue weighted by molar-refractivity contribution is -0.148. The monoisotopic (exact) mass is 312 g/mol. The Morgan fingerprint density at radius 1 is 0.864 bits per heavy atom. The molecule has 22 heavy (non-hydrogen) atoms. The summed E-state index contributed by atoms with van der Waals surface area (Å²) in [7, 11) is 0. The largest absolute Gasteiger partial charge is 0.462 e. The summed E-state index contributed by atoms with van der Waals surface area (Å²) in [4.78, 5) is 24.1. The molecule has 0 bridgehead atoms. The standard InChI is InChI=1S/C18H32O4/c1-6-7-8-9-10-11-16(17(19)21-12-14(2)3)18(20)22-13-15(4)5/h11,14-15H,6-10,12-13H2,1-5H3. The number of unbranched alkanes of at least 4 members (excludes halogenated alkanes) is 4. The number of ether oxygens (including phenoxy) is 2. The van der Waals surface area contributed by atoms with Gasteiger partial charge in [-0.05, 0) is 24.7 Å². The maximum atomic E-state index is 12.1. The Hall–Kier alpha value is -1.32. The second kappa shape index (κ2) is 12.2. The van der Waals surface area contributed by atoms with Crippen LogP contribution in [0.3, 0.4) is 0 Å². The first kappa shape index (κ1) is 20.7. The Kier molecular flexibility index (Phi) is 11.5. The van der Waals surface area contributed by atoms with E-state index >= 15 is 0 Å². The van der Waals surface area contributed by atoms with Crippen molar-refractivity contribution in [3.8, 4) is 0 Å². The molecule has 0 heterocycles. The molecule has 0 saturated carbocycles. The Morgan fingerprint density at radius 3 is 1.77 bits per heavy atom. The maximum absolute atomic E-state index is 12.1. The summed E-state index contributed by atoms with van der Waals surface area (Å²) in [6.45, 7) is 10.6. The molecule has 0 aromatic heterocycles. The van der Waals surface area contributed by atoms with E-state index in [9.17, 15) is 9.59 Å². The molecule has 0 amide bonds. The lowest BCUT2D eigenvalue weighted by Gasteiger charge is -2.11. The molecule has 0 aromatic rings. The van der Waals surface area contributed by atoms with Gasteiger partial charge in [0.05, 0.1) is 13.2 Å². The first-order valence-corrected chi connectivity index (χ1v) is 8.42. The molecule has 0 rings (SSSR count). The Balaban J connectivity index is 4.63. The van der Waals surface area contributed by atoms with Crippen molar-refractivity contribution in [2.45, 2.75) is 66.7 Å². The lowest BCUT2D eigenvalue weighted by atomic mass is 10.1. The van der Waals surface area contributed by atoms with Gasteiger partial charge in [0.25, 0.3) is 0 Å². The quantitative estimate of drug-likeness (QED) is 0.188. The van der Waals surface area contributed by atoms with Gasteiger partial charge in [-0.3, -0.25) is 0 Å². The van der Waals surface area contributed by atoms with Crippen molar-refractivity contribution >= 4 is 11.9 Å². The van der Waals surface area contributed by atoms with Gasteiger partial charge in [0, 0.05) is 0 Å². The zero-order valence-corrected chi connectivity index (χ0v) is 14.8. The molecule has 4 heteroatoms. The zero-order chi connectivity index (χ0) is 17.0. The zero-order valence-electron chi connectivity index (χ0n) is 14.8. The van der Waals surface area contributed by atoms with Crippen LogP contribution in [0.2, 0.25) is 0 Å². The molecule has 128 valence electrons. The third kappa shape index (κ3) is 10.4. The summed E-state index contributed by atoms with van der Waals surface area (Å²) in [6.07, 6.45) is 6.75. The van der Waals surface area contributed by atoms with Crippen LogP contribution >= 0.6 is 0 Å². The molecule has 0 aliphatic rings. The highest BCUT2D eigenvalue weighted by Gasteiger charge is 2.21. The van der Waals surface area contributed by atoms with Crippen molar-refractivity contribution in [1.29, 1.82) is 0 Å². The fourth-order valence-corrected chi connectivity index (χ4v) is 1.71. The van der Waals surface area contributed by atoms with Crippen LogP contribution in [0, 0.1) is 11.8 Å². The number of hydrogen-bond acceptors (Lipinski definition) is 4. The second-order valence-electron chi connectivity index (χ2n) is 6.45. The molecule has 0 aliphatic carbocycles. The molecule has 0 saturated heterocycles. The highest BCUT2D eigenvalue weighted by atomic mass is 16.6. The minimum atomic E-state index is -0.571. The van der Waals surface area contributed by atoms with Gasteiger partial charge in [-0.15, -0.1) is 0 Å².